The summed E-state index contributed by atoms with van der Waals surface area (Å²) in [5.74, 6) is -0.903. The molecule has 2 rings (SSSR count). The molecule has 1 amide bonds. The normalized spacial score (nSPS) is 16.2. The number of likely N-dealkylation sites (N-methyl/N-ethyl adjacent to an activating group) is 1. The van der Waals surface area contributed by atoms with E-state index in [-0.39, 0.29) is 18.5 Å². The summed E-state index contributed by atoms with van der Waals surface area (Å²) in [4.78, 5) is 27.2. The van der Waals surface area contributed by atoms with E-state index in [1.54, 1.807) is 18.2 Å². The highest BCUT2D eigenvalue weighted by atomic mass is 35.5. The molecule has 0 spiro atoms. The number of anilines is 1. The number of hydrogen-bond acceptors (Lipinski definition) is 4. The van der Waals surface area contributed by atoms with Crippen molar-refractivity contribution in [3.05, 3.63) is 28.2 Å². The Bertz CT molecular complexity index is 619. The molecule has 8 heteroatoms. The van der Waals surface area contributed by atoms with Crippen LogP contribution < -0.4 is 5.32 Å². The molecule has 2 N–H and O–H groups in total. The second-order valence-electron chi connectivity index (χ2n) is 6.14. The van der Waals surface area contributed by atoms with Crippen LogP contribution in [0.25, 0.3) is 0 Å². The third-order valence-electron chi connectivity index (χ3n) is 4.39. The first kappa shape index (κ1) is 20.0. The summed E-state index contributed by atoms with van der Waals surface area (Å²) in [7, 11) is 0. The van der Waals surface area contributed by atoms with Gasteiger partial charge in [-0.2, -0.15) is 0 Å². The molecule has 1 aliphatic heterocycles. The maximum Gasteiger partial charge on any atom is 0.317 e. The average molecular weight is 388 g/mol. The van der Waals surface area contributed by atoms with Gasteiger partial charge < -0.3 is 10.4 Å². The van der Waals surface area contributed by atoms with Gasteiger partial charge in [0.15, 0.2) is 0 Å². The van der Waals surface area contributed by atoms with Gasteiger partial charge in [0.1, 0.15) is 0 Å². The molecule has 0 bridgehead atoms. The Balaban J connectivity index is 1.79. The van der Waals surface area contributed by atoms with E-state index in [9.17, 15) is 9.59 Å². The molecule has 0 aromatic heterocycles. The quantitative estimate of drug-likeness (QED) is 0.752. The largest absolute Gasteiger partial charge is 0.480 e. The third kappa shape index (κ3) is 6.15. The number of amides is 1. The van der Waals surface area contributed by atoms with Crippen LogP contribution in [0.5, 0.6) is 0 Å². The van der Waals surface area contributed by atoms with Gasteiger partial charge in [-0.15, -0.1) is 0 Å². The number of carboxylic acids is 1. The Kier molecular flexibility index (Phi) is 7.50. The fraction of sp³-hybridized carbons (Fsp3) is 0.529. The highest BCUT2D eigenvalue weighted by Gasteiger charge is 2.25. The number of piperidine rings is 1. The number of nitrogens with zero attached hydrogens (tertiary/aromatic N) is 2. The van der Waals surface area contributed by atoms with Crippen molar-refractivity contribution in [1.29, 1.82) is 0 Å². The number of benzene rings is 1. The van der Waals surface area contributed by atoms with Crippen molar-refractivity contribution in [3.8, 4) is 0 Å². The average Bonchev–Trinajstić information content (AvgIpc) is 2.56. The van der Waals surface area contributed by atoms with Gasteiger partial charge in [-0.25, -0.2) is 0 Å². The van der Waals surface area contributed by atoms with Crippen LogP contribution in [0.2, 0.25) is 10.0 Å². The lowest BCUT2D eigenvalue weighted by Crippen LogP contribution is -2.48. The Hall–Kier alpha value is -1.34. The van der Waals surface area contributed by atoms with E-state index in [4.69, 9.17) is 28.3 Å². The van der Waals surface area contributed by atoms with Crippen molar-refractivity contribution >= 4 is 40.8 Å². The predicted molar refractivity (Wildman–Crippen MR) is 99.4 cm³/mol. The van der Waals surface area contributed by atoms with Gasteiger partial charge in [0.25, 0.3) is 0 Å². The molecule has 1 aromatic carbocycles. The van der Waals surface area contributed by atoms with Crippen LogP contribution >= 0.6 is 23.2 Å². The van der Waals surface area contributed by atoms with Crippen molar-refractivity contribution in [2.24, 2.45) is 0 Å². The van der Waals surface area contributed by atoms with Gasteiger partial charge in [-0.1, -0.05) is 30.1 Å². The first-order valence-electron chi connectivity index (χ1n) is 8.32. The molecule has 1 aromatic rings. The van der Waals surface area contributed by atoms with Crippen molar-refractivity contribution in [2.75, 3.05) is 38.0 Å². The minimum atomic E-state index is -0.801. The van der Waals surface area contributed by atoms with Crippen molar-refractivity contribution in [3.63, 3.8) is 0 Å². The molecule has 1 fully saturated rings. The number of rotatable bonds is 7. The van der Waals surface area contributed by atoms with Crippen LogP contribution in [0, 0.1) is 0 Å². The van der Waals surface area contributed by atoms with Gasteiger partial charge in [0.05, 0.1) is 23.1 Å². The van der Waals surface area contributed by atoms with Crippen LogP contribution in [-0.2, 0) is 9.59 Å². The van der Waals surface area contributed by atoms with E-state index in [1.165, 1.54) is 0 Å². The minimum absolute atomic E-state index is 0.0684. The summed E-state index contributed by atoms with van der Waals surface area (Å²) < 4.78 is 0. The number of nitrogens with one attached hydrogen (secondary N) is 1. The van der Waals surface area contributed by atoms with E-state index in [0.29, 0.717) is 22.3 Å². The molecular formula is C17H23Cl2N3O3. The lowest BCUT2D eigenvalue weighted by atomic mass is 10.0. The summed E-state index contributed by atoms with van der Waals surface area (Å²) in [5, 5.41) is 12.6. The number of hydrogen-bond donors (Lipinski definition) is 2. The van der Waals surface area contributed by atoms with Crippen LogP contribution in [0.15, 0.2) is 18.2 Å². The summed E-state index contributed by atoms with van der Waals surface area (Å²) in [6.45, 7) is 4.61. The lowest BCUT2D eigenvalue weighted by molar-refractivity contribution is -0.139. The molecule has 0 radical (unpaired) electrons. The monoisotopic (exact) mass is 387 g/mol. The Morgan fingerprint density at radius 3 is 2.52 bits per heavy atom. The molecule has 1 saturated heterocycles. The van der Waals surface area contributed by atoms with Crippen molar-refractivity contribution < 1.29 is 14.7 Å². The van der Waals surface area contributed by atoms with Crippen molar-refractivity contribution in [2.45, 2.75) is 25.8 Å². The Morgan fingerprint density at radius 1 is 1.28 bits per heavy atom. The van der Waals surface area contributed by atoms with Gasteiger partial charge >= 0.3 is 5.97 Å². The number of carboxylic acid groups (broad SMARTS) is 1. The first-order valence-corrected chi connectivity index (χ1v) is 9.07. The fourth-order valence-corrected chi connectivity index (χ4v) is 3.39. The number of halogens is 2. The molecule has 0 unspecified atom stereocenters. The van der Waals surface area contributed by atoms with Crippen LogP contribution in [0.1, 0.15) is 19.8 Å². The summed E-state index contributed by atoms with van der Waals surface area (Å²) in [6, 6.07) is 5.24. The molecule has 1 heterocycles. The molecule has 1 aliphatic rings. The first-order chi connectivity index (χ1) is 11.9. The van der Waals surface area contributed by atoms with Gasteiger partial charge in [0.2, 0.25) is 5.91 Å². The predicted octanol–water partition coefficient (Wildman–Crippen LogP) is 2.80. The number of carbonyl (C=O) groups is 2. The van der Waals surface area contributed by atoms with Crippen LogP contribution in [0.3, 0.4) is 0 Å². The molecule has 0 aliphatic carbocycles. The van der Waals surface area contributed by atoms with E-state index < -0.39 is 5.97 Å². The molecular weight excluding hydrogens is 365 g/mol. The third-order valence-corrected chi connectivity index (χ3v) is 5.13. The zero-order valence-corrected chi connectivity index (χ0v) is 15.7. The van der Waals surface area contributed by atoms with E-state index in [2.05, 4.69) is 10.2 Å². The second kappa shape index (κ2) is 9.38. The van der Waals surface area contributed by atoms with Crippen molar-refractivity contribution in [1.82, 2.24) is 9.80 Å². The maximum atomic E-state index is 12.2. The smallest absolute Gasteiger partial charge is 0.317 e. The SMILES string of the molecule is CCN(CC(=O)O)C1CCN(CC(=O)Nc2ccc(Cl)c(Cl)c2)CC1. The second-order valence-corrected chi connectivity index (χ2v) is 6.96. The van der Waals surface area contributed by atoms with Gasteiger partial charge in [0, 0.05) is 24.8 Å². The van der Waals surface area contributed by atoms with E-state index in [1.807, 2.05) is 11.8 Å². The minimum Gasteiger partial charge on any atom is -0.480 e. The Morgan fingerprint density at radius 2 is 1.96 bits per heavy atom. The van der Waals surface area contributed by atoms with Crippen LogP contribution in [0.4, 0.5) is 5.69 Å². The summed E-state index contributed by atoms with van der Waals surface area (Å²) in [6.07, 6.45) is 1.72. The van der Waals surface area contributed by atoms with Crippen LogP contribution in [-0.4, -0.2) is 65.5 Å². The highest BCUT2D eigenvalue weighted by Crippen LogP contribution is 2.25. The zero-order chi connectivity index (χ0) is 18.4. The fourth-order valence-electron chi connectivity index (χ4n) is 3.09. The van der Waals surface area contributed by atoms with Gasteiger partial charge in [-0.3, -0.25) is 19.4 Å². The van der Waals surface area contributed by atoms with Gasteiger partial charge in [-0.05, 0) is 37.6 Å². The molecule has 138 valence electrons. The topological polar surface area (TPSA) is 72.9 Å². The van der Waals surface area contributed by atoms with E-state index >= 15 is 0 Å². The standard InChI is InChI=1S/C17H23Cl2N3O3/c1-2-22(11-17(24)25)13-5-7-21(8-6-13)10-16(23)20-12-3-4-14(18)15(19)9-12/h3-4,9,13H,2,5-8,10-11H2,1H3,(H,20,23)(H,24,25). The zero-order valence-electron chi connectivity index (χ0n) is 14.2. The maximum absolute atomic E-state index is 12.2. The lowest BCUT2D eigenvalue weighted by Gasteiger charge is -2.37. The van der Waals surface area contributed by atoms with E-state index in [0.717, 1.165) is 32.5 Å². The molecule has 0 saturated carbocycles. The summed E-state index contributed by atoms with van der Waals surface area (Å²) in [5.41, 5.74) is 0.618. The number of aliphatic carboxylic acids is 1. The molecule has 6 nitrogen and oxygen atoms in total. The number of likely N-dealkylation sites (tertiary alicyclic amines) is 1. The molecule has 0 atom stereocenters. The summed E-state index contributed by atoms with van der Waals surface area (Å²) >= 11 is 11.8. The molecule has 25 heavy (non-hydrogen) atoms. The Labute approximate surface area is 157 Å². The number of carbonyl (C=O) groups excluding carboxylic acids is 1. The highest BCUT2D eigenvalue weighted by molar-refractivity contribution is 6.42.